The van der Waals surface area contributed by atoms with Crippen LogP contribution in [0, 0.1) is 0 Å². The molecule has 0 unspecified atom stereocenters. The lowest BCUT2D eigenvalue weighted by atomic mass is 10.3. The van der Waals surface area contributed by atoms with Crippen LogP contribution in [0.2, 0.25) is 5.02 Å². The number of aromatic nitrogens is 2. The van der Waals surface area contributed by atoms with Crippen LogP contribution in [-0.2, 0) is 9.84 Å². The minimum atomic E-state index is -3.20. The Kier molecular flexibility index (Phi) is 3.56. The Bertz CT molecular complexity index is 905. The van der Waals surface area contributed by atoms with Crippen molar-refractivity contribution in [1.82, 2.24) is 9.97 Å². The standard InChI is InChI=1S/C13H10ClN3O2S2/c1-21(18,19)9-4-2-8(3-5-9)17-12-11-10(14)6-20-13(11)16-7-15-12/h2-7H,1H3,(H,15,16,17). The predicted octanol–water partition coefficient (Wildman–Crippen LogP) is 3.49. The van der Waals surface area contributed by atoms with E-state index in [4.69, 9.17) is 11.6 Å². The molecule has 0 atom stereocenters. The molecular weight excluding hydrogens is 330 g/mol. The van der Waals surface area contributed by atoms with Crippen molar-refractivity contribution in [3.63, 3.8) is 0 Å². The van der Waals surface area contributed by atoms with Crippen LogP contribution < -0.4 is 5.32 Å². The zero-order valence-corrected chi connectivity index (χ0v) is 13.3. The molecule has 3 aromatic rings. The van der Waals surface area contributed by atoms with Gasteiger partial charge in [-0.2, -0.15) is 0 Å². The quantitative estimate of drug-likeness (QED) is 0.790. The Labute approximate surface area is 130 Å². The monoisotopic (exact) mass is 339 g/mol. The van der Waals surface area contributed by atoms with Crippen molar-refractivity contribution in [2.75, 3.05) is 11.6 Å². The Morgan fingerprint density at radius 2 is 1.90 bits per heavy atom. The average Bonchev–Trinajstić information content (AvgIpc) is 2.81. The summed E-state index contributed by atoms with van der Waals surface area (Å²) in [5.74, 6) is 0.596. The number of sulfone groups is 1. The van der Waals surface area contributed by atoms with Crippen LogP contribution in [0.4, 0.5) is 11.5 Å². The summed E-state index contributed by atoms with van der Waals surface area (Å²) >= 11 is 7.58. The normalized spacial score (nSPS) is 11.7. The lowest BCUT2D eigenvalue weighted by molar-refractivity contribution is 0.602. The highest BCUT2D eigenvalue weighted by Crippen LogP contribution is 2.33. The highest BCUT2D eigenvalue weighted by Gasteiger charge is 2.11. The molecule has 0 amide bonds. The Balaban J connectivity index is 1.97. The second-order valence-electron chi connectivity index (χ2n) is 4.41. The van der Waals surface area contributed by atoms with E-state index in [2.05, 4.69) is 15.3 Å². The zero-order valence-electron chi connectivity index (χ0n) is 10.9. The minimum Gasteiger partial charge on any atom is -0.340 e. The fourth-order valence-electron chi connectivity index (χ4n) is 1.86. The largest absolute Gasteiger partial charge is 0.340 e. The molecule has 108 valence electrons. The van der Waals surface area contributed by atoms with Gasteiger partial charge in [-0.1, -0.05) is 11.6 Å². The maximum absolute atomic E-state index is 11.4. The number of fused-ring (bicyclic) bond motifs is 1. The van der Waals surface area contributed by atoms with E-state index in [1.165, 1.54) is 23.9 Å². The first-order valence-corrected chi connectivity index (χ1v) is 9.05. The van der Waals surface area contributed by atoms with Crippen molar-refractivity contribution in [3.8, 4) is 0 Å². The van der Waals surface area contributed by atoms with Crippen LogP contribution >= 0.6 is 22.9 Å². The van der Waals surface area contributed by atoms with Gasteiger partial charge in [-0.15, -0.1) is 11.3 Å². The van der Waals surface area contributed by atoms with Gasteiger partial charge in [-0.25, -0.2) is 18.4 Å². The number of halogens is 1. The van der Waals surface area contributed by atoms with Gasteiger partial charge in [-0.3, -0.25) is 0 Å². The van der Waals surface area contributed by atoms with Crippen LogP contribution in [-0.4, -0.2) is 24.6 Å². The van der Waals surface area contributed by atoms with Crippen molar-refractivity contribution in [3.05, 3.63) is 41.0 Å². The first-order chi connectivity index (χ1) is 9.95. The molecule has 1 aromatic carbocycles. The number of nitrogens with zero attached hydrogens (tertiary/aromatic N) is 2. The number of anilines is 2. The van der Waals surface area contributed by atoms with E-state index in [0.29, 0.717) is 10.8 Å². The van der Waals surface area contributed by atoms with E-state index in [1.807, 2.05) is 0 Å². The summed E-state index contributed by atoms with van der Waals surface area (Å²) in [6, 6.07) is 6.46. The molecule has 8 heteroatoms. The highest BCUT2D eigenvalue weighted by atomic mass is 35.5. The van der Waals surface area contributed by atoms with E-state index in [-0.39, 0.29) is 4.90 Å². The van der Waals surface area contributed by atoms with Crippen LogP contribution in [0.15, 0.2) is 40.9 Å². The third-order valence-corrected chi connectivity index (χ3v) is 5.31. The number of thiophene rings is 1. The van der Waals surface area contributed by atoms with E-state index in [1.54, 1.807) is 29.6 Å². The van der Waals surface area contributed by atoms with Crippen LogP contribution in [0.3, 0.4) is 0 Å². The van der Waals surface area contributed by atoms with Crippen molar-refractivity contribution in [2.45, 2.75) is 4.90 Å². The minimum absolute atomic E-state index is 0.273. The van der Waals surface area contributed by atoms with Crippen molar-refractivity contribution < 1.29 is 8.42 Å². The molecule has 0 aliphatic rings. The van der Waals surface area contributed by atoms with E-state index in [0.717, 1.165) is 15.9 Å². The molecule has 1 N–H and O–H groups in total. The second-order valence-corrected chi connectivity index (χ2v) is 7.69. The molecule has 0 saturated heterocycles. The second kappa shape index (κ2) is 5.25. The van der Waals surface area contributed by atoms with Gasteiger partial charge in [0.15, 0.2) is 9.84 Å². The Morgan fingerprint density at radius 3 is 2.57 bits per heavy atom. The number of hydrogen-bond donors (Lipinski definition) is 1. The molecule has 2 aromatic heterocycles. The maximum Gasteiger partial charge on any atom is 0.175 e. The summed E-state index contributed by atoms with van der Waals surface area (Å²) < 4.78 is 22.9. The third kappa shape index (κ3) is 2.85. The lowest BCUT2D eigenvalue weighted by Gasteiger charge is -2.07. The third-order valence-electron chi connectivity index (χ3n) is 2.87. The summed E-state index contributed by atoms with van der Waals surface area (Å²) in [6.45, 7) is 0. The molecule has 0 bridgehead atoms. The maximum atomic E-state index is 11.4. The molecule has 0 saturated carbocycles. The molecule has 5 nitrogen and oxygen atoms in total. The van der Waals surface area contributed by atoms with Gasteiger partial charge in [0.2, 0.25) is 0 Å². The van der Waals surface area contributed by atoms with E-state index < -0.39 is 9.84 Å². The van der Waals surface area contributed by atoms with E-state index >= 15 is 0 Å². The molecule has 0 fully saturated rings. The SMILES string of the molecule is CS(=O)(=O)c1ccc(Nc2ncnc3scc(Cl)c23)cc1. The molecule has 0 radical (unpaired) electrons. The van der Waals surface area contributed by atoms with Crippen molar-refractivity contribution >= 4 is 54.5 Å². The van der Waals surface area contributed by atoms with Gasteiger partial charge in [0.1, 0.15) is 17.0 Å². The fraction of sp³-hybridized carbons (Fsp3) is 0.0769. The Morgan fingerprint density at radius 1 is 1.19 bits per heavy atom. The van der Waals surface area contributed by atoms with Gasteiger partial charge >= 0.3 is 0 Å². The number of rotatable bonds is 3. The summed E-state index contributed by atoms with van der Waals surface area (Å²) in [7, 11) is -3.20. The summed E-state index contributed by atoms with van der Waals surface area (Å²) in [4.78, 5) is 9.41. The summed E-state index contributed by atoms with van der Waals surface area (Å²) in [5, 5.41) is 6.28. The first kappa shape index (κ1) is 14.2. The molecule has 0 spiro atoms. The van der Waals surface area contributed by atoms with Gasteiger partial charge < -0.3 is 5.32 Å². The molecule has 2 heterocycles. The number of benzene rings is 1. The van der Waals surface area contributed by atoms with Crippen LogP contribution in [0.25, 0.3) is 10.2 Å². The number of hydrogen-bond acceptors (Lipinski definition) is 6. The molecular formula is C13H10ClN3O2S2. The van der Waals surface area contributed by atoms with Gasteiger partial charge in [0.05, 0.1) is 15.3 Å². The summed E-state index contributed by atoms with van der Waals surface area (Å²) in [5.41, 5.74) is 0.727. The molecule has 3 rings (SSSR count). The molecule has 21 heavy (non-hydrogen) atoms. The first-order valence-electron chi connectivity index (χ1n) is 5.90. The lowest BCUT2D eigenvalue weighted by Crippen LogP contribution is -1.98. The smallest absolute Gasteiger partial charge is 0.175 e. The number of nitrogens with one attached hydrogen (secondary N) is 1. The van der Waals surface area contributed by atoms with Crippen LogP contribution in [0.5, 0.6) is 0 Å². The predicted molar refractivity (Wildman–Crippen MR) is 85.3 cm³/mol. The van der Waals surface area contributed by atoms with Gasteiger partial charge in [0, 0.05) is 17.3 Å². The van der Waals surface area contributed by atoms with E-state index in [9.17, 15) is 8.42 Å². The summed E-state index contributed by atoms with van der Waals surface area (Å²) in [6.07, 6.45) is 2.64. The van der Waals surface area contributed by atoms with Gasteiger partial charge in [-0.05, 0) is 24.3 Å². The van der Waals surface area contributed by atoms with Crippen LogP contribution in [0.1, 0.15) is 0 Å². The fourth-order valence-corrected chi connectivity index (χ4v) is 3.62. The van der Waals surface area contributed by atoms with Crippen molar-refractivity contribution in [1.29, 1.82) is 0 Å². The average molecular weight is 340 g/mol. The highest BCUT2D eigenvalue weighted by molar-refractivity contribution is 7.90. The van der Waals surface area contributed by atoms with Gasteiger partial charge in [0.25, 0.3) is 0 Å². The molecule has 0 aliphatic heterocycles. The molecule has 0 aliphatic carbocycles. The topological polar surface area (TPSA) is 72.0 Å². The Hall–Kier alpha value is -1.70. The zero-order chi connectivity index (χ0) is 15.0. The van der Waals surface area contributed by atoms with Crippen molar-refractivity contribution in [2.24, 2.45) is 0 Å².